The van der Waals surface area contributed by atoms with Crippen molar-refractivity contribution in [2.75, 3.05) is 0 Å². The largest absolute Gasteiger partial charge is 0.416 e. The number of aryl methyl sites for hydroxylation is 2. The van der Waals surface area contributed by atoms with Gasteiger partial charge in [0.25, 0.3) is 0 Å². The van der Waals surface area contributed by atoms with Gasteiger partial charge in [-0.1, -0.05) is 17.8 Å². The van der Waals surface area contributed by atoms with Crippen LogP contribution in [0.15, 0.2) is 52.4 Å². The minimum Gasteiger partial charge on any atom is -0.240 e. The molecule has 0 atom stereocenters. The molecular weight excluding hydrogens is 338 g/mol. The second-order valence-electron chi connectivity index (χ2n) is 5.50. The van der Waals surface area contributed by atoms with Gasteiger partial charge in [-0.3, -0.25) is 0 Å². The SMILES string of the molecule is Cc1cc2c(F)ccc(C)c2nc1Sc1ccc(C(F)(F)F)cc1. The standard InChI is InChI=1S/C18H13F4NS/c1-10-3-8-15(19)14-9-11(2)17(23-16(10)14)24-13-6-4-12(5-7-13)18(20,21)22/h3-9H,1-2H3. The minimum absolute atomic E-state index is 0.336. The van der Waals surface area contributed by atoms with E-state index in [9.17, 15) is 17.6 Å². The van der Waals surface area contributed by atoms with Gasteiger partial charge in [0.2, 0.25) is 0 Å². The highest BCUT2D eigenvalue weighted by molar-refractivity contribution is 7.99. The maximum absolute atomic E-state index is 13.9. The van der Waals surface area contributed by atoms with Crippen LogP contribution in [-0.4, -0.2) is 4.98 Å². The summed E-state index contributed by atoms with van der Waals surface area (Å²) in [4.78, 5) is 5.15. The smallest absolute Gasteiger partial charge is 0.240 e. The van der Waals surface area contributed by atoms with Gasteiger partial charge < -0.3 is 0 Å². The van der Waals surface area contributed by atoms with Gasteiger partial charge >= 0.3 is 6.18 Å². The Kier molecular flexibility index (Phi) is 4.25. The van der Waals surface area contributed by atoms with Crippen molar-refractivity contribution < 1.29 is 17.6 Å². The predicted molar refractivity (Wildman–Crippen MR) is 86.7 cm³/mol. The summed E-state index contributed by atoms with van der Waals surface area (Å²) in [6, 6.07) is 9.70. The number of nitrogens with zero attached hydrogens (tertiary/aromatic N) is 1. The van der Waals surface area contributed by atoms with Crippen LogP contribution < -0.4 is 0 Å². The molecule has 124 valence electrons. The van der Waals surface area contributed by atoms with Crippen molar-refractivity contribution in [2.24, 2.45) is 0 Å². The lowest BCUT2D eigenvalue weighted by atomic mass is 10.1. The van der Waals surface area contributed by atoms with Crippen molar-refractivity contribution in [3.8, 4) is 0 Å². The van der Waals surface area contributed by atoms with Crippen LogP contribution in [0.2, 0.25) is 0 Å². The summed E-state index contributed by atoms with van der Waals surface area (Å²) in [5, 5.41) is 1.10. The molecule has 0 N–H and O–H groups in total. The number of aromatic nitrogens is 1. The molecule has 0 radical (unpaired) electrons. The Balaban J connectivity index is 1.98. The predicted octanol–water partition coefficient (Wildman–Crippen LogP) is 6.16. The number of hydrogen-bond donors (Lipinski definition) is 0. The van der Waals surface area contributed by atoms with E-state index in [0.29, 0.717) is 20.8 Å². The van der Waals surface area contributed by atoms with E-state index in [-0.39, 0.29) is 5.82 Å². The highest BCUT2D eigenvalue weighted by atomic mass is 32.2. The van der Waals surface area contributed by atoms with Crippen molar-refractivity contribution >= 4 is 22.7 Å². The second kappa shape index (κ2) is 6.09. The third kappa shape index (κ3) is 3.24. The summed E-state index contributed by atoms with van der Waals surface area (Å²) in [6.07, 6.45) is -4.35. The van der Waals surface area contributed by atoms with Crippen LogP contribution in [-0.2, 0) is 6.18 Å². The average molecular weight is 351 g/mol. The summed E-state index contributed by atoms with van der Waals surface area (Å²) in [7, 11) is 0. The van der Waals surface area contributed by atoms with Crippen LogP contribution >= 0.6 is 11.8 Å². The first kappa shape index (κ1) is 16.8. The Hall–Kier alpha value is -2.08. The summed E-state index contributed by atoms with van der Waals surface area (Å²) in [6.45, 7) is 3.65. The molecule has 0 aliphatic carbocycles. The molecule has 24 heavy (non-hydrogen) atoms. The first-order valence-corrected chi connectivity index (χ1v) is 7.99. The van der Waals surface area contributed by atoms with E-state index in [4.69, 9.17) is 0 Å². The average Bonchev–Trinajstić information content (AvgIpc) is 2.52. The van der Waals surface area contributed by atoms with Gasteiger partial charge in [-0.2, -0.15) is 13.2 Å². The Morgan fingerprint density at radius 3 is 2.21 bits per heavy atom. The van der Waals surface area contributed by atoms with Crippen LogP contribution in [0.3, 0.4) is 0 Å². The zero-order valence-electron chi connectivity index (χ0n) is 12.9. The molecule has 0 unspecified atom stereocenters. The lowest BCUT2D eigenvalue weighted by molar-refractivity contribution is -0.137. The number of rotatable bonds is 2. The topological polar surface area (TPSA) is 12.9 Å². The highest BCUT2D eigenvalue weighted by Gasteiger charge is 2.30. The summed E-state index contributed by atoms with van der Waals surface area (Å²) < 4.78 is 51.7. The minimum atomic E-state index is -4.35. The molecule has 2 aromatic carbocycles. The molecule has 0 amide bonds. The molecule has 1 heterocycles. The molecule has 3 aromatic rings. The van der Waals surface area contributed by atoms with Crippen molar-refractivity contribution in [3.05, 3.63) is 65.0 Å². The molecule has 1 nitrogen and oxygen atoms in total. The van der Waals surface area contributed by atoms with Crippen molar-refractivity contribution in [3.63, 3.8) is 0 Å². The molecular formula is C18H13F4NS. The van der Waals surface area contributed by atoms with Crippen LogP contribution in [0.4, 0.5) is 17.6 Å². The highest BCUT2D eigenvalue weighted by Crippen LogP contribution is 2.35. The molecule has 0 spiro atoms. The van der Waals surface area contributed by atoms with Crippen LogP contribution in [0.1, 0.15) is 16.7 Å². The lowest BCUT2D eigenvalue weighted by Gasteiger charge is -2.10. The molecule has 0 aliphatic heterocycles. The maximum atomic E-state index is 13.9. The van der Waals surface area contributed by atoms with E-state index in [1.165, 1.54) is 30.0 Å². The van der Waals surface area contributed by atoms with Gasteiger partial charge in [0.05, 0.1) is 11.1 Å². The maximum Gasteiger partial charge on any atom is 0.416 e. The molecule has 0 aliphatic rings. The number of pyridine rings is 1. The number of fused-ring (bicyclic) bond motifs is 1. The molecule has 3 rings (SSSR count). The Morgan fingerprint density at radius 1 is 0.917 bits per heavy atom. The van der Waals surface area contributed by atoms with E-state index >= 15 is 0 Å². The fourth-order valence-corrected chi connectivity index (χ4v) is 3.23. The monoisotopic (exact) mass is 351 g/mol. The lowest BCUT2D eigenvalue weighted by Crippen LogP contribution is -2.03. The number of halogens is 4. The van der Waals surface area contributed by atoms with Crippen LogP contribution in [0, 0.1) is 19.7 Å². The summed E-state index contributed by atoms with van der Waals surface area (Å²) in [5.74, 6) is -0.336. The Bertz CT molecular complexity index is 902. The first-order chi connectivity index (χ1) is 11.3. The Morgan fingerprint density at radius 2 is 1.58 bits per heavy atom. The van der Waals surface area contributed by atoms with Crippen LogP contribution in [0.25, 0.3) is 10.9 Å². The third-order valence-electron chi connectivity index (χ3n) is 3.67. The fourth-order valence-electron chi connectivity index (χ4n) is 2.37. The van der Waals surface area contributed by atoms with Gasteiger partial charge in [0.15, 0.2) is 0 Å². The quantitative estimate of drug-likeness (QED) is 0.513. The van der Waals surface area contributed by atoms with E-state index in [0.717, 1.165) is 23.3 Å². The summed E-state index contributed by atoms with van der Waals surface area (Å²) in [5.41, 5.74) is 1.50. The molecule has 0 fully saturated rings. The molecule has 0 bridgehead atoms. The molecule has 6 heteroatoms. The van der Waals surface area contributed by atoms with E-state index in [1.807, 2.05) is 6.92 Å². The normalized spacial score (nSPS) is 11.9. The van der Waals surface area contributed by atoms with Crippen molar-refractivity contribution in [1.82, 2.24) is 4.98 Å². The first-order valence-electron chi connectivity index (χ1n) is 7.17. The molecule has 1 aromatic heterocycles. The summed E-state index contributed by atoms with van der Waals surface area (Å²) >= 11 is 1.26. The zero-order chi connectivity index (χ0) is 17.5. The van der Waals surface area contributed by atoms with Crippen LogP contribution in [0.5, 0.6) is 0 Å². The van der Waals surface area contributed by atoms with Crippen molar-refractivity contribution in [1.29, 1.82) is 0 Å². The third-order valence-corrected chi connectivity index (χ3v) is 4.79. The number of alkyl halides is 3. The second-order valence-corrected chi connectivity index (χ2v) is 6.56. The van der Waals surface area contributed by atoms with Gasteiger partial charge in [0.1, 0.15) is 10.8 Å². The van der Waals surface area contributed by atoms with E-state index < -0.39 is 11.7 Å². The zero-order valence-corrected chi connectivity index (χ0v) is 13.7. The Labute approximate surface area is 140 Å². The molecule has 0 saturated heterocycles. The number of benzene rings is 2. The van der Waals surface area contributed by atoms with E-state index in [2.05, 4.69) is 4.98 Å². The van der Waals surface area contributed by atoms with Gasteiger partial charge in [-0.15, -0.1) is 0 Å². The van der Waals surface area contributed by atoms with Gasteiger partial charge in [0, 0.05) is 10.3 Å². The van der Waals surface area contributed by atoms with Crippen molar-refractivity contribution in [2.45, 2.75) is 29.9 Å². The van der Waals surface area contributed by atoms with Gasteiger partial charge in [-0.05, 0) is 61.4 Å². The van der Waals surface area contributed by atoms with Gasteiger partial charge in [-0.25, -0.2) is 9.37 Å². The molecule has 0 saturated carbocycles. The number of hydrogen-bond acceptors (Lipinski definition) is 2. The fraction of sp³-hybridized carbons (Fsp3) is 0.167. The van der Waals surface area contributed by atoms with E-state index in [1.54, 1.807) is 19.1 Å².